The zero-order valence-electron chi connectivity index (χ0n) is 19.7. The Kier molecular flexibility index (Phi) is 6.51. The summed E-state index contributed by atoms with van der Waals surface area (Å²) in [6.45, 7) is 6.52. The molecule has 2 aromatic carbocycles. The van der Waals surface area contributed by atoms with E-state index >= 15 is 0 Å². The lowest BCUT2D eigenvalue weighted by Gasteiger charge is -2.26. The Morgan fingerprint density at radius 3 is 2.44 bits per heavy atom. The summed E-state index contributed by atoms with van der Waals surface area (Å²) in [6.07, 6.45) is 4.68. The molecule has 3 N–H and O–H groups in total. The van der Waals surface area contributed by atoms with Crippen molar-refractivity contribution in [2.75, 3.05) is 18.4 Å². The number of carbonyl (C=O) groups excluding carboxylic acids is 2. The van der Waals surface area contributed by atoms with Crippen LogP contribution < -0.4 is 11.1 Å². The predicted molar refractivity (Wildman–Crippen MR) is 132 cm³/mol. The monoisotopic (exact) mass is 482 g/mol. The maximum atomic E-state index is 13.1. The SMILES string of the molecule is Cc1c(NC(=O)C(C)n2cc(C)c3cc(S(=O)(=O)N4CCCCC4)ccc32)cccc1C(N)=O. The lowest BCUT2D eigenvalue weighted by molar-refractivity contribution is -0.118. The first-order chi connectivity index (χ1) is 16.1. The molecule has 3 aromatic rings. The minimum atomic E-state index is -3.55. The number of hydrogen-bond acceptors (Lipinski definition) is 4. The van der Waals surface area contributed by atoms with E-state index in [-0.39, 0.29) is 10.8 Å². The van der Waals surface area contributed by atoms with Gasteiger partial charge in [-0.05, 0) is 75.1 Å². The van der Waals surface area contributed by atoms with Gasteiger partial charge >= 0.3 is 0 Å². The fraction of sp³-hybridized carbons (Fsp3) is 0.360. The fourth-order valence-corrected chi connectivity index (χ4v) is 6.08. The Hall–Kier alpha value is -3.17. The van der Waals surface area contributed by atoms with Crippen LogP contribution in [0.4, 0.5) is 5.69 Å². The molecule has 1 saturated heterocycles. The number of aromatic nitrogens is 1. The molecule has 0 bridgehead atoms. The molecule has 4 rings (SSSR count). The number of anilines is 1. The van der Waals surface area contributed by atoms with Crippen LogP contribution in [0.15, 0.2) is 47.5 Å². The number of primary amides is 1. The second-order valence-electron chi connectivity index (χ2n) is 8.87. The summed E-state index contributed by atoms with van der Waals surface area (Å²) >= 11 is 0. The fourth-order valence-electron chi connectivity index (χ4n) is 4.54. The minimum absolute atomic E-state index is 0.258. The van der Waals surface area contributed by atoms with E-state index in [1.54, 1.807) is 54.6 Å². The smallest absolute Gasteiger partial charge is 0.249 e. The molecule has 1 atom stereocenters. The minimum Gasteiger partial charge on any atom is -0.366 e. The number of amides is 2. The third-order valence-corrected chi connectivity index (χ3v) is 8.51. The molecule has 1 unspecified atom stereocenters. The van der Waals surface area contributed by atoms with Gasteiger partial charge in [0.15, 0.2) is 0 Å². The average Bonchev–Trinajstić information content (AvgIpc) is 3.16. The van der Waals surface area contributed by atoms with Crippen LogP contribution >= 0.6 is 0 Å². The van der Waals surface area contributed by atoms with Crippen LogP contribution in [0.5, 0.6) is 0 Å². The predicted octanol–water partition coefficient (Wildman–Crippen LogP) is 3.73. The molecule has 1 aliphatic heterocycles. The molecular formula is C25H30N4O4S. The number of nitrogens with zero attached hydrogens (tertiary/aromatic N) is 2. The van der Waals surface area contributed by atoms with Gasteiger partial charge in [0.05, 0.1) is 4.90 Å². The van der Waals surface area contributed by atoms with Crippen LogP contribution in [0.1, 0.15) is 53.7 Å². The van der Waals surface area contributed by atoms with Gasteiger partial charge in [-0.2, -0.15) is 4.31 Å². The standard InChI is InChI=1S/C25H30N4O4S/c1-16-15-29(18(3)25(31)27-22-9-7-8-20(17(22)2)24(26)30)23-11-10-19(14-21(16)23)34(32,33)28-12-5-4-6-13-28/h7-11,14-15,18H,4-6,12-13H2,1-3H3,(H2,26,30)(H,27,31). The second kappa shape index (κ2) is 9.23. The zero-order chi connectivity index (χ0) is 24.6. The van der Waals surface area contributed by atoms with Crippen molar-refractivity contribution in [1.82, 2.24) is 8.87 Å². The van der Waals surface area contributed by atoms with E-state index in [0.717, 1.165) is 35.7 Å². The van der Waals surface area contributed by atoms with Crippen molar-refractivity contribution >= 4 is 38.4 Å². The number of nitrogens with one attached hydrogen (secondary N) is 1. The van der Waals surface area contributed by atoms with E-state index in [1.807, 2.05) is 17.7 Å². The molecule has 0 aliphatic carbocycles. The zero-order valence-corrected chi connectivity index (χ0v) is 20.5. The van der Waals surface area contributed by atoms with E-state index < -0.39 is 22.0 Å². The number of fused-ring (bicyclic) bond motifs is 1. The van der Waals surface area contributed by atoms with Crippen LogP contribution in [0.25, 0.3) is 10.9 Å². The molecule has 0 radical (unpaired) electrons. The van der Waals surface area contributed by atoms with Gasteiger partial charge < -0.3 is 15.6 Å². The van der Waals surface area contributed by atoms with E-state index in [1.165, 1.54) is 0 Å². The molecule has 2 amide bonds. The third-order valence-electron chi connectivity index (χ3n) is 6.61. The van der Waals surface area contributed by atoms with Crippen molar-refractivity contribution in [1.29, 1.82) is 0 Å². The van der Waals surface area contributed by atoms with Gasteiger partial charge in [-0.3, -0.25) is 9.59 Å². The Balaban J connectivity index is 1.63. The number of piperidine rings is 1. The molecule has 1 aliphatic rings. The van der Waals surface area contributed by atoms with Gasteiger partial charge in [0.2, 0.25) is 21.8 Å². The number of hydrogen-bond donors (Lipinski definition) is 2. The highest BCUT2D eigenvalue weighted by atomic mass is 32.2. The molecule has 1 aromatic heterocycles. The summed E-state index contributed by atoms with van der Waals surface area (Å²) in [5, 5.41) is 3.68. The first-order valence-corrected chi connectivity index (χ1v) is 12.9. The molecular weight excluding hydrogens is 452 g/mol. The summed E-state index contributed by atoms with van der Waals surface area (Å²) in [6, 6.07) is 9.54. The molecule has 0 spiro atoms. The van der Waals surface area contributed by atoms with Crippen molar-refractivity contribution < 1.29 is 18.0 Å². The number of nitrogens with two attached hydrogens (primary N) is 1. The molecule has 34 heavy (non-hydrogen) atoms. The lowest BCUT2D eigenvalue weighted by atomic mass is 10.1. The topological polar surface area (TPSA) is 114 Å². The summed E-state index contributed by atoms with van der Waals surface area (Å²) < 4.78 is 29.6. The third kappa shape index (κ3) is 4.33. The molecule has 1 fully saturated rings. The second-order valence-corrected chi connectivity index (χ2v) is 10.8. The van der Waals surface area contributed by atoms with Crippen LogP contribution in [0, 0.1) is 13.8 Å². The van der Waals surface area contributed by atoms with Gasteiger partial charge in [0.1, 0.15) is 6.04 Å². The number of aryl methyl sites for hydroxylation is 1. The van der Waals surface area contributed by atoms with Crippen molar-refractivity contribution in [3.63, 3.8) is 0 Å². The first-order valence-electron chi connectivity index (χ1n) is 11.4. The highest BCUT2D eigenvalue weighted by molar-refractivity contribution is 7.89. The van der Waals surface area contributed by atoms with Crippen LogP contribution in [0.3, 0.4) is 0 Å². The van der Waals surface area contributed by atoms with E-state index in [2.05, 4.69) is 5.32 Å². The Morgan fingerprint density at radius 2 is 1.76 bits per heavy atom. The van der Waals surface area contributed by atoms with Gasteiger partial charge in [0, 0.05) is 41.4 Å². The van der Waals surface area contributed by atoms with Gasteiger partial charge in [-0.1, -0.05) is 12.5 Å². The van der Waals surface area contributed by atoms with Gasteiger partial charge in [-0.25, -0.2) is 8.42 Å². The van der Waals surface area contributed by atoms with Crippen molar-refractivity contribution in [2.45, 2.75) is 51.0 Å². The van der Waals surface area contributed by atoms with E-state index in [9.17, 15) is 18.0 Å². The summed E-state index contributed by atoms with van der Waals surface area (Å²) in [4.78, 5) is 25.0. The van der Waals surface area contributed by atoms with E-state index in [0.29, 0.717) is 29.9 Å². The van der Waals surface area contributed by atoms with Gasteiger partial charge in [-0.15, -0.1) is 0 Å². The molecule has 180 valence electrons. The Bertz CT molecular complexity index is 1370. The molecule has 8 nitrogen and oxygen atoms in total. The lowest BCUT2D eigenvalue weighted by Crippen LogP contribution is -2.35. The maximum absolute atomic E-state index is 13.1. The highest BCUT2D eigenvalue weighted by Crippen LogP contribution is 2.30. The largest absolute Gasteiger partial charge is 0.366 e. The first kappa shape index (κ1) is 24.0. The number of sulfonamides is 1. The summed E-state index contributed by atoms with van der Waals surface area (Å²) in [5.41, 5.74) is 8.57. The molecule has 9 heteroatoms. The molecule has 0 saturated carbocycles. The summed E-state index contributed by atoms with van der Waals surface area (Å²) in [5.74, 6) is -0.810. The number of rotatable bonds is 6. The number of carbonyl (C=O) groups is 2. The van der Waals surface area contributed by atoms with Crippen LogP contribution in [0.2, 0.25) is 0 Å². The van der Waals surface area contributed by atoms with Crippen LogP contribution in [-0.2, 0) is 14.8 Å². The average molecular weight is 483 g/mol. The summed E-state index contributed by atoms with van der Waals surface area (Å²) in [7, 11) is -3.55. The van der Waals surface area contributed by atoms with Crippen LogP contribution in [-0.4, -0.2) is 42.2 Å². The van der Waals surface area contributed by atoms with Crippen molar-refractivity contribution in [2.24, 2.45) is 5.73 Å². The quantitative estimate of drug-likeness (QED) is 0.557. The highest BCUT2D eigenvalue weighted by Gasteiger charge is 2.27. The van der Waals surface area contributed by atoms with Gasteiger partial charge in [0.25, 0.3) is 0 Å². The van der Waals surface area contributed by atoms with Crippen molar-refractivity contribution in [3.8, 4) is 0 Å². The van der Waals surface area contributed by atoms with Crippen molar-refractivity contribution in [3.05, 3.63) is 59.3 Å². The Labute approximate surface area is 199 Å². The maximum Gasteiger partial charge on any atom is 0.249 e. The molecule has 2 heterocycles. The number of benzene rings is 2. The normalized spacial score (nSPS) is 15.9. The van der Waals surface area contributed by atoms with E-state index in [4.69, 9.17) is 5.73 Å². The Morgan fingerprint density at radius 1 is 1.06 bits per heavy atom.